The van der Waals surface area contributed by atoms with E-state index in [1.54, 1.807) is 11.3 Å². The third-order valence-electron chi connectivity index (χ3n) is 5.02. The molecule has 1 aliphatic heterocycles. The van der Waals surface area contributed by atoms with Gasteiger partial charge in [0.2, 0.25) is 16.2 Å². The van der Waals surface area contributed by atoms with E-state index >= 15 is 0 Å². The van der Waals surface area contributed by atoms with Gasteiger partial charge in [0, 0.05) is 31.4 Å². The van der Waals surface area contributed by atoms with Crippen molar-refractivity contribution in [1.29, 1.82) is 0 Å². The number of aromatic nitrogens is 3. The number of piperidine rings is 1. The number of nitrogens with zero attached hydrogens (tertiary/aromatic N) is 4. The molecule has 0 bridgehead atoms. The molecule has 0 radical (unpaired) electrons. The summed E-state index contributed by atoms with van der Waals surface area (Å²) in [5.74, 6) is 0.209. The summed E-state index contributed by atoms with van der Waals surface area (Å²) in [6, 6.07) is 14.1. The van der Waals surface area contributed by atoms with E-state index in [0.717, 1.165) is 41.8 Å². The molecule has 1 N–H and O–H groups in total. The van der Waals surface area contributed by atoms with Crippen molar-refractivity contribution in [2.24, 2.45) is 5.92 Å². The van der Waals surface area contributed by atoms with Gasteiger partial charge in [0.05, 0.1) is 6.04 Å². The fraction of sp³-hybridized carbons (Fsp3) is 0.350. The van der Waals surface area contributed by atoms with Crippen LogP contribution in [0.5, 0.6) is 0 Å². The average Bonchev–Trinajstić information content (AvgIpc) is 3.40. The first-order valence-corrected chi connectivity index (χ1v) is 10.1. The van der Waals surface area contributed by atoms with Gasteiger partial charge in [-0.15, -0.1) is 10.2 Å². The first kappa shape index (κ1) is 17.7. The molecule has 2 aromatic heterocycles. The molecule has 27 heavy (non-hydrogen) atoms. The maximum atomic E-state index is 12.6. The van der Waals surface area contributed by atoms with Crippen LogP contribution in [0.2, 0.25) is 0 Å². The summed E-state index contributed by atoms with van der Waals surface area (Å²) in [5, 5.41) is 13.5. The number of carbonyl (C=O) groups is 1. The number of nitrogens with one attached hydrogen (secondary N) is 1. The topological polar surface area (TPSA) is 63.1 Å². The Bertz CT molecular complexity index is 869. The monoisotopic (exact) mass is 381 g/mol. The first-order chi connectivity index (χ1) is 13.2. The van der Waals surface area contributed by atoms with Crippen LogP contribution in [0.1, 0.15) is 31.4 Å². The van der Waals surface area contributed by atoms with Gasteiger partial charge in [-0.05, 0) is 37.5 Å². The number of amides is 1. The number of hydrogen-bond acceptors (Lipinski definition) is 5. The van der Waals surface area contributed by atoms with Gasteiger partial charge in [-0.2, -0.15) is 0 Å². The van der Waals surface area contributed by atoms with Crippen LogP contribution in [0.15, 0.2) is 54.9 Å². The third kappa shape index (κ3) is 4.03. The summed E-state index contributed by atoms with van der Waals surface area (Å²) >= 11 is 1.58. The molecule has 1 amide bonds. The molecule has 4 rings (SSSR count). The van der Waals surface area contributed by atoms with Crippen molar-refractivity contribution in [2.75, 3.05) is 18.0 Å². The maximum Gasteiger partial charge on any atom is 0.223 e. The summed E-state index contributed by atoms with van der Waals surface area (Å²) < 4.78 is 1.96. The van der Waals surface area contributed by atoms with Crippen molar-refractivity contribution in [3.8, 4) is 5.13 Å². The molecular weight excluding hydrogens is 358 g/mol. The quantitative estimate of drug-likeness (QED) is 0.736. The summed E-state index contributed by atoms with van der Waals surface area (Å²) in [5.41, 5.74) is 1.13. The standard InChI is InChI=1S/C20H23N5OS/c1-15(16-7-3-2-4-8-16)21-18(26)17-9-13-25(14-10-17)20-23-22-19(27-20)24-11-5-6-12-24/h2-8,11-12,15,17H,9-10,13-14H2,1H3,(H,21,26). The highest BCUT2D eigenvalue weighted by Gasteiger charge is 2.27. The Labute approximate surface area is 162 Å². The second-order valence-electron chi connectivity index (χ2n) is 6.86. The van der Waals surface area contributed by atoms with Crippen LogP contribution in [0, 0.1) is 5.92 Å². The van der Waals surface area contributed by atoms with Crippen LogP contribution < -0.4 is 10.2 Å². The van der Waals surface area contributed by atoms with Crippen molar-refractivity contribution in [3.63, 3.8) is 0 Å². The lowest BCUT2D eigenvalue weighted by molar-refractivity contribution is -0.126. The minimum absolute atomic E-state index is 0.0315. The molecule has 1 atom stereocenters. The normalized spacial score (nSPS) is 16.3. The molecule has 1 fully saturated rings. The van der Waals surface area contributed by atoms with E-state index in [9.17, 15) is 4.79 Å². The van der Waals surface area contributed by atoms with Gasteiger partial charge in [-0.25, -0.2) is 0 Å². The van der Waals surface area contributed by atoms with E-state index in [-0.39, 0.29) is 17.9 Å². The Hall–Kier alpha value is -2.67. The predicted molar refractivity (Wildman–Crippen MR) is 107 cm³/mol. The van der Waals surface area contributed by atoms with Gasteiger partial charge in [0.25, 0.3) is 0 Å². The highest BCUT2D eigenvalue weighted by atomic mass is 32.1. The van der Waals surface area contributed by atoms with Crippen LogP contribution in [-0.2, 0) is 4.79 Å². The SMILES string of the molecule is CC(NC(=O)C1CCN(c2nnc(-n3cccc3)s2)CC1)c1ccccc1. The zero-order chi connectivity index (χ0) is 18.6. The molecule has 0 aliphatic carbocycles. The van der Waals surface area contributed by atoms with Crippen LogP contribution in [0.25, 0.3) is 5.13 Å². The van der Waals surface area contributed by atoms with E-state index in [4.69, 9.17) is 0 Å². The zero-order valence-corrected chi connectivity index (χ0v) is 16.1. The number of rotatable bonds is 5. The van der Waals surface area contributed by atoms with Crippen LogP contribution in [0.4, 0.5) is 5.13 Å². The predicted octanol–water partition coefficient (Wildman–Crippen LogP) is 3.42. The fourth-order valence-corrected chi connectivity index (χ4v) is 4.26. The molecule has 1 aromatic carbocycles. The van der Waals surface area contributed by atoms with Crippen LogP contribution >= 0.6 is 11.3 Å². The molecule has 7 heteroatoms. The smallest absolute Gasteiger partial charge is 0.223 e. The summed E-state index contributed by atoms with van der Waals surface area (Å²) in [6.07, 6.45) is 5.61. The van der Waals surface area contributed by atoms with Gasteiger partial charge in [-0.3, -0.25) is 9.36 Å². The second-order valence-corrected chi connectivity index (χ2v) is 7.79. The van der Waals surface area contributed by atoms with E-state index in [1.165, 1.54) is 0 Å². The van der Waals surface area contributed by atoms with Crippen LogP contribution in [0.3, 0.4) is 0 Å². The average molecular weight is 382 g/mol. The van der Waals surface area contributed by atoms with Crippen molar-refractivity contribution < 1.29 is 4.79 Å². The first-order valence-electron chi connectivity index (χ1n) is 9.28. The Morgan fingerprint density at radius 2 is 1.74 bits per heavy atom. The molecule has 1 aliphatic rings. The van der Waals surface area contributed by atoms with E-state index in [2.05, 4.69) is 20.4 Å². The highest BCUT2D eigenvalue weighted by Crippen LogP contribution is 2.28. The molecule has 1 unspecified atom stereocenters. The molecule has 1 saturated heterocycles. The van der Waals surface area contributed by atoms with E-state index in [1.807, 2.05) is 66.3 Å². The third-order valence-corrected chi connectivity index (χ3v) is 6.02. The fourth-order valence-electron chi connectivity index (χ4n) is 3.39. The summed E-state index contributed by atoms with van der Waals surface area (Å²) in [6.45, 7) is 3.70. The van der Waals surface area contributed by atoms with E-state index < -0.39 is 0 Å². The Morgan fingerprint density at radius 1 is 1.07 bits per heavy atom. The lowest BCUT2D eigenvalue weighted by Gasteiger charge is -2.31. The van der Waals surface area contributed by atoms with E-state index in [0.29, 0.717) is 0 Å². The molecular formula is C20H23N5OS. The molecule has 3 aromatic rings. The van der Waals surface area contributed by atoms with Crippen LogP contribution in [-0.4, -0.2) is 33.8 Å². The minimum Gasteiger partial charge on any atom is -0.349 e. The Kier molecular flexibility index (Phi) is 5.20. The number of anilines is 1. The van der Waals surface area contributed by atoms with Gasteiger partial charge < -0.3 is 10.2 Å². The molecule has 0 spiro atoms. The molecule has 140 valence electrons. The number of hydrogen-bond donors (Lipinski definition) is 1. The Balaban J connectivity index is 1.31. The van der Waals surface area contributed by atoms with Gasteiger partial charge in [0.15, 0.2) is 0 Å². The van der Waals surface area contributed by atoms with Gasteiger partial charge in [-0.1, -0.05) is 41.7 Å². The number of benzene rings is 1. The van der Waals surface area contributed by atoms with Gasteiger partial charge >= 0.3 is 0 Å². The van der Waals surface area contributed by atoms with Crippen molar-refractivity contribution >= 4 is 22.4 Å². The number of carbonyl (C=O) groups excluding carboxylic acids is 1. The van der Waals surface area contributed by atoms with Crippen molar-refractivity contribution in [1.82, 2.24) is 20.1 Å². The van der Waals surface area contributed by atoms with Crippen molar-refractivity contribution in [2.45, 2.75) is 25.8 Å². The maximum absolute atomic E-state index is 12.6. The summed E-state index contributed by atoms with van der Waals surface area (Å²) in [4.78, 5) is 14.9. The lowest BCUT2D eigenvalue weighted by Crippen LogP contribution is -2.41. The molecule has 6 nitrogen and oxygen atoms in total. The zero-order valence-electron chi connectivity index (χ0n) is 15.3. The largest absolute Gasteiger partial charge is 0.349 e. The Morgan fingerprint density at radius 3 is 2.44 bits per heavy atom. The second kappa shape index (κ2) is 7.92. The van der Waals surface area contributed by atoms with Gasteiger partial charge in [0.1, 0.15) is 0 Å². The van der Waals surface area contributed by atoms with Crippen molar-refractivity contribution in [3.05, 3.63) is 60.4 Å². The lowest BCUT2D eigenvalue weighted by atomic mass is 9.95. The molecule has 3 heterocycles. The summed E-state index contributed by atoms with van der Waals surface area (Å²) in [7, 11) is 0. The minimum atomic E-state index is 0.0315. The molecule has 0 saturated carbocycles. The highest BCUT2D eigenvalue weighted by molar-refractivity contribution is 7.17.